The smallest absolute Gasteiger partial charge is 0.0239 e. The van der Waals surface area contributed by atoms with Crippen LogP contribution < -0.4 is 0 Å². The molecular weight excluding hydrogens is 412 g/mol. The molecule has 0 saturated heterocycles. The first-order chi connectivity index (χ1) is 16.7. The molecular formula is C32H52N2. The Kier molecular flexibility index (Phi) is 14.9. The van der Waals surface area contributed by atoms with Gasteiger partial charge in [-0.2, -0.15) is 0 Å². The molecule has 0 radical (unpaired) electrons. The summed E-state index contributed by atoms with van der Waals surface area (Å²) in [6.45, 7) is 16.1. The van der Waals surface area contributed by atoms with Crippen molar-refractivity contribution in [2.45, 2.75) is 105 Å². The lowest BCUT2D eigenvalue weighted by Crippen LogP contribution is -2.26. The second kappa shape index (κ2) is 17.7. The molecule has 0 saturated carbocycles. The zero-order valence-electron chi connectivity index (χ0n) is 22.8. The van der Waals surface area contributed by atoms with Gasteiger partial charge < -0.3 is 0 Å². The van der Waals surface area contributed by atoms with E-state index in [0.717, 1.165) is 13.1 Å². The monoisotopic (exact) mass is 464 g/mol. The van der Waals surface area contributed by atoms with E-state index in [4.69, 9.17) is 0 Å². The Balaban J connectivity index is 2.19. The highest BCUT2D eigenvalue weighted by molar-refractivity contribution is 5.70. The van der Waals surface area contributed by atoms with E-state index < -0.39 is 0 Å². The van der Waals surface area contributed by atoms with Crippen LogP contribution >= 0.6 is 0 Å². The summed E-state index contributed by atoms with van der Waals surface area (Å²) >= 11 is 0. The van der Waals surface area contributed by atoms with Crippen LogP contribution in [-0.4, -0.2) is 36.0 Å². The number of hydrogen-bond donors (Lipinski definition) is 0. The van der Waals surface area contributed by atoms with Crippen molar-refractivity contribution in [1.29, 1.82) is 0 Å². The van der Waals surface area contributed by atoms with Crippen LogP contribution in [0.15, 0.2) is 48.5 Å². The summed E-state index contributed by atoms with van der Waals surface area (Å²) in [6.07, 6.45) is 13.1. The van der Waals surface area contributed by atoms with Crippen molar-refractivity contribution in [2.75, 3.05) is 26.2 Å². The number of unbranched alkanes of at least 4 members (excludes halogenated alkanes) is 6. The van der Waals surface area contributed by atoms with Crippen LogP contribution in [0.1, 0.15) is 103 Å². The second-order valence-corrected chi connectivity index (χ2v) is 9.99. The largest absolute Gasteiger partial charge is 0.299 e. The van der Waals surface area contributed by atoms with Gasteiger partial charge in [-0.3, -0.25) is 9.80 Å². The molecule has 0 aliphatic rings. The van der Waals surface area contributed by atoms with E-state index in [1.807, 2.05) is 0 Å². The van der Waals surface area contributed by atoms with Crippen molar-refractivity contribution < 1.29 is 0 Å². The van der Waals surface area contributed by atoms with Gasteiger partial charge in [-0.1, -0.05) is 115 Å². The SMILES string of the molecule is CCCCCCN(CCC)Cc1ccccc1-c1ccccc1CN(CCC)CCCCCC. The molecule has 190 valence electrons. The van der Waals surface area contributed by atoms with Gasteiger partial charge in [-0.25, -0.2) is 0 Å². The average Bonchev–Trinajstić information content (AvgIpc) is 2.85. The number of hydrogen-bond acceptors (Lipinski definition) is 2. The highest BCUT2D eigenvalue weighted by Gasteiger charge is 2.14. The van der Waals surface area contributed by atoms with E-state index in [2.05, 4.69) is 86.0 Å². The summed E-state index contributed by atoms with van der Waals surface area (Å²) in [6, 6.07) is 18.3. The van der Waals surface area contributed by atoms with Crippen molar-refractivity contribution in [2.24, 2.45) is 0 Å². The fraction of sp³-hybridized carbons (Fsp3) is 0.625. The van der Waals surface area contributed by atoms with Crippen molar-refractivity contribution in [3.8, 4) is 11.1 Å². The predicted octanol–water partition coefficient (Wildman–Crippen LogP) is 8.94. The molecule has 2 aromatic carbocycles. The predicted molar refractivity (Wildman–Crippen MR) is 151 cm³/mol. The van der Waals surface area contributed by atoms with Crippen LogP contribution in [0, 0.1) is 0 Å². The summed E-state index contributed by atoms with van der Waals surface area (Å²) in [5.41, 5.74) is 5.80. The minimum Gasteiger partial charge on any atom is -0.299 e. The Morgan fingerprint density at radius 2 is 0.853 bits per heavy atom. The summed E-state index contributed by atoms with van der Waals surface area (Å²) in [4.78, 5) is 5.35. The molecule has 0 heterocycles. The summed E-state index contributed by atoms with van der Waals surface area (Å²) in [7, 11) is 0. The number of rotatable bonds is 19. The quantitative estimate of drug-likeness (QED) is 0.191. The number of benzene rings is 2. The zero-order valence-corrected chi connectivity index (χ0v) is 22.8. The number of nitrogens with zero attached hydrogens (tertiary/aromatic N) is 2. The molecule has 0 bridgehead atoms. The molecule has 0 aromatic heterocycles. The fourth-order valence-electron chi connectivity index (χ4n) is 5.02. The molecule has 0 amide bonds. The molecule has 0 aliphatic heterocycles. The topological polar surface area (TPSA) is 6.48 Å². The normalized spacial score (nSPS) is 11.6. The minimum absolute atomic E-state index is 1.06. The Morgan fingerprint density at radius 1 is 0.441 bits per heavy atom. The first-order valence-electron chi connectivity index (χ1n) is 14.3. The third-order valence-corrected chi connectivity index (χ3v) is 6.85. The molecule has 0 spiro atoms. The van der Waals surface area contributed by atoms with Gasteiger partial charge in [-0.05, 0) is 74.1 Å². The fourth-order valence-corrected chi connectivity index (χ4v) is 5.02. The lowest BCUT2D eigenvalue weighted by Gasteiger charge is -2.25. The Bertz CT molecular complexity index is 704. The Labute approximate surface area is 211 Å². The van der Waals surface area contributed by atoms with Gasteiger partial charge in [0.15, 0.2) is 0 Å². The maximum Gasteiger partial charge on any atom is 0.0239 e. The van der Waals surface area contributed by atoms with Gasteiger partial charge in [-0.15, -0.1) is 0 Å². The Hall–Kier alpha value is -1.64. The van der Waals surface area contributed by atoms with Gasteiger partial charge in [0.2, 0.25) is 0 Å². The third kappa shape index (κ3) is 10.3. The van der Waals surface area contributed by atoms with Crippen LogP contribution in [-0.2, 0) is 13.1 Å². The van der Waals surface area contributed by atoms with E-state index in [9.17, 15) is 0 Å². The van der Waals surface area contributed by atoms with Crippen molar-refractivity contribution in [3.63, 3.8) is 0 Å². The summed E-state index contributed by atoms with van der Waals surface area (Å²) in [5.74, 6) is 0. The average molecular weight is 465 g/mol. The lowest BCUT2D eigenvalue weighted by molar-refractivity contribution is 0.258. The molecule has 0 unspecified atom stereocenters. The first-order valence-corrected chi connectivity index (χ1v) is 14.3. The van der Waals surface area contributed by atoms with Crippen molar-refractivity contribution >= 4 is 0 Å². The zero-order chi connectivity index (χ0) is 24.4. The van der Waals surface area contributed by atoms with Gasteiger partial charge in [0, 0.05) is 13.1 Å². The molecule has 0 N–H and O–H groups in total. The van der Waals surface area contributed by atoms with Crippen molar-refractivity contribution in [1.82, 2.24) is 9.80 Å². The second-order valence-electron chi connectivity index (χ2n) is 9.99. The van der Waals surface area contributed by atoms with Crippen LogP contribution in [0.4, 0.5) is 0 Å². The highest BCUT2D eigenvalue weighted by Crippen LogP contribution is 2.29. The van der Waals surface area contributed by atoms with Crippen LogP contribution in [0.25, 0.3) is 11.1 Å². The highest BCUT2D eigenvalue weighted by atomic mass is 15.1. The molecule has 34 heavy (non-hydrogen) atoms. The summed E-state index contributed by atoms with van der Waals surface area (Å²) in [5, 5.41) is 0. The molecule has 0 atom stereocenters. The Morgan fingerprint density at radius 3 is 1.24 bits per heavy atom. The maximum absolute atomic E-state index is 2.67. The van der Waals surface area contributed by atoms with Gasteiger partial charge in [0.25, 0.3) is 0 Å². The standard InChI is InChI=1S/C32H52N2/c1-5-9-11-17-25-33(23-7-3)27-29-19-13-15-21-31(29)32-22-16-14-20-30(32)28-34(24-8-4)26-18-12-10-6-2/h13-16,19-22H,5-12,17-18,23-28H2,1-4H3. The van der Waals surface area contributed by atoms with E-state index in [1.54, 1.807) is 0 Å². The van der Waals surface area contributed by atoms with Gasteiger partial charge >= 0.3 is 0 Å². The van der Waals surface area contributed by atoms with Crippen molar-refractivity contribution in [3.05, 3.63) is 59.7 Å². The lowest BCUT2D eigenvalue weighted by atomic mass is 9.94. The minimum atomic E-state index is 1.06. The van der Waals surface area contributed by atoms with Crippen LogP contribution in [0.2, 0.25) is 0 Å². The van der Waals surface area contributed by atoms with E-state index >= 15 is 0 Å². The van der Waals surface area contributed by atoms with Crippen LogP contribution in [0.3, 0.4) is 0 Å². The first kappa shape index (κ1) is 28.6. The molecule has 2 aromatic rings. The van der Waals surface area contributed by atoms with E-state index in [1.165, 1.54) is 113 Å². The molecule has 0 fully saturated rings. The van der Waals surface area contributed by atoms with Gasteiger partial charge in [0.1, 0.15) is 0 Å². The molecule has 2 nitrogen and oxygen atoms in total. The summed E-state index contributed by atoms with van der Waals surface area (Å²) < 4.78 is 0. The van der Waals surface area contributed by atoms with E-state index in [-0.39, 0.29) is 0 Å². The molecule has 2 heteroatoms. The molecule has 2 rings (SSSR count). The third-order valence-electron chi connectivity index (χ3n) is 6.85. The van der Waals surface area contributed by atoms with E-state index in [0.29, 0.717) is 0 Å². The maximum atomic E-state index is 2.67. The van der Waals surface area contributed by atoms with Crippen LogP contribution in [0.5, 0.6) is 0 Å². The molecule has 0 aliphatic carbocycles. The van der Waals surface area contributed by atoms with Gasteiger partial charge in [0.05, 0.1) is 0 Å².